The summed E-state index contributed by atoms with van der Waals surface area (Å²) in [5.74, 6) is 0.0869. The van der Waals surface area contributed by atoms with Crippen LogP contribution in [-0.2, 0) is 10.2 Å². The molecule has 148 valence electrons. The van der Waals surface area contributed by atoms with Gasteiger partial charge in [-0.25, -0.2) is 0 Å². The summed E-state index contributed by atoms with van der Waals surface area (Å²) >= 11 is 0. The molecule has 0 aromatic heterocycles. The maximum Gasteiger partial charge on any atom is 0.219 e. The molecule has 0 aliphatic rings. The van der Waals surface area contributed by atoms with Gasteiger partial charge in [0.1, 0.15) is 0 Å². The largest absolute Gasteiger partial charge is 1.00 e. The lowest BCUT2D eigenvalue weighted by molar-refractivity contribution is -0.484. The average Bonchev–Trinajstić information content (AvgIpc) is 2.72. The lowest BCUT2D eigenvalue weighted by Gasteiger charge is -2.40. The first kappa shape index (κ1) is 23.4. The fourth-order valence-corrected chi connectivity index (χ4v) is 3.85. The highest BCUT2D eigenvalue weighted by atomic mass is 79.9. The molecule has 0 saturated heterocycles. The monoisotopic (exact) mass is 432 g/mol. The molecule has 1 amide bonds. The van der Waals surface area contributed by atoms with Gasteiger partial charge in [-0.3, -0.25) is 4.79 Å². The van der Waals surface area contributed by atoms with Crippen molar-refractivity contribution < 1.29 is 27.5 Å². The van der Waals surface area contributed by atoms with Crippen molar-refractivity contribution in [1.82, 2.24) is 5.32 Å². The summed E-state index contributed by atoms with van der Waals surface area (Å²) in [5.41, 5.74) is 6.89. The van der Waals surface area contributed by atoms with Crippen molar-refractivity contribution in [2.75, 3.05) is 7.05 Å². The predicted octanol–water partition coefficient (Wildman–Crippen LogP) is 0.694. The van der Waals surface area contributed by atoms with Crippen molar-refractivity contribution in [2.24, 2.45) is 0 Å². The molecule has 0 aliphatic heterocycles. The Kier molecular flexibility index (Phi) is 9.20. The van der Waals surface area contributed by atoms with Gasteiger partial charge >= 0.3 is 0 Å². The van der Waals surface area contributed by atoms with Crippen molar-refractivity contribution in [3.8, 4) is 0 Å². The van der Waals surface area contributed by atoms with E-state index in [0.29, 0.717) is 6.42 Å². The SMILES string of the molecule is CCC([NH3+])(CC)CC(CCC(=O)NC)(c1ccccc1)c1ccccc1.[Br-]. The number of carbonyl (C=O) groups is 1. The van der Waals surface area contributed by atoms with Crippen LogP contribution in [0.25, 0.3) is 0 Å². The van der Waals surface area contributed by atoms with Crippen LogP contribution in [0.2, 0.25) is 0 Å². The van der Waals surface area contributed by atoms with E-state index < -0.39 is 0 Å². The first-order valence-corrected chi connectivity index (χ1v) is 9.66. The third kappa shape index (κ3) is 5.66. The topological polar surface area (TPSA) is 56.7 Å². The van der Waals surface area contributed by atoms with E-state index >= 15 is 0 Å². The Morgan fingerprint density at radius 1 is 0.926 bits per heavy atom. The smallest absolute Gasteiger partial charge is 0.219 e. The van der Waals surface area contributed by atoms with Gasteiger partial charge in [0.2, 0.25) is 5.91 Å². The maximum absolute atomic E-state index is 12.1. The van der Waals surface area contributed by atoms with Crippen molar-refractivity contribution in [1.29, 1.82) is 0 Å². The van der Waals surface area contributed by atoms with Crippen LogP contribution in [0.5, 0.6) is 0 Å². The normalized spacial score (nSPS) is 11.6. The zero-order valence-electron chi connectivity index (χ0n) is 16.8. The predicted molar refractivity (Wildman–Crippen MR) is 108 cm³/mol. The van der Waals surface area contributed by atoms with Crippen molar-refractivity contribution in [3.63, 3.8) is 0 Å². The summed E-state index contributed by atoms with van der Waals surface area (Å²) in [4.78, 5) is 12.1. The molecule has 2 rings (SSSR count). The summed E-state index contributed by atoms with van der Waals surface area (Å²) in [6.07, 6.45) is 4.25. The van der Waals surface area contributed by atoms with Gasteiger partial charge in [0.05, 0.1) is 5.54 Å². The molecule has 27 heavy (non-hydrogen) atoms. The molecule has 0 radical (unpaired) electrons. The average molecular weight is 433 g/mol. The third-order valence-corrected chi connectivity index (χ3v) is 5.89. The van der Waals surface area contributed by atoms with E-state index in [4.69, 9.17) is 0 Å². The number of rotatable bonds is 9. The van der Waals surface area contributed by atoms with Crippen LogP contribution in [0.15, 0.2) is 60.7 Å². The van der Waals surface area contributed by atoms with Crippen molar-refractivity contribution in [3.05, 3.63) is 71.8 Å². The lowest BCUT2D eigenvalue weighted by Crippen LogP contribution is -3.00. The van der Waals surface area contributed by atoms with Crippen LogP contribution in [0.3, 0.4) is 0 Å². The van der Waals surface area contributed by atoms with E-state index in [1.54, 1.807) is 7.05 Å². The van der Waals surface area contributed by atoms with E-state index in [1.165, 1.54) is 11.1 Å². The molecule has 4 heteroatoms. The van der Waals surface area contributed by atoms with Crippen LogP contribution < -0.4 is 28.0 Å². The number of quaternary nitrogens is 1. The van der Waals surface area contributed by atoms with Gasteiger partial charge < -0.3 is 28.0 Å². The Labute approximate surface area is 174 Å². The Hall–Kier alpha value is -1.65. The summed E-state index contributed by atoms with van der Waals surface area (Å²) in [6.45, 7) is 4.44. The quantitative estimate of drug-likeness (QED) is 0.601. The molecule has 0 saturated carbocycles. The van der Waals surface area contributed by atoms with Crippen molar-refractivity contribution >= 4 is 5.91 Å². The van der Waals surface area contributed by atoms with Gasteiger partial charge in [0.15, 0.2) is 0 Å². The molecule has 0 aliphatic carbocycles. The molecule has 0 fully saturated rings. The minimum absolute atomic E-state index is 0. The first-order chi connectivity index (χ1) is 12.5. The van der Waals surface area contributed by atoms with Gasteiger partial charge in [0, 0.05) is 25.3 Å². The third-order valence-electron chi connectivity index (χ3n) is 5.89. The molecule has 0 unspecified atom stereocenters. The van der Waals surface area contributed by atoms with Gasteiger partial charge in [0.25, 0.3) is 0 Å². The van der Waals surface area contributed by atoms with E-state index in [9.17, 15) is 4.79 Å². The van der Waals surface area contributed by atoms with Gasteiger partial charge in [-0.1, -0.05) is 74.5 Å². The zero-order valence-corrected chi connectivity index (χ0v) is 18.4. The molecular formula is C23H33BrN2O. The lowest BCUT2D eigenvalue weighted by atomic mass is 9.63. The second kappa shape index (κ2) is 10.6. The fourth-order valence-electron chi connectivity index (χ4n) is 3.85. The van der Waals surface area contributed by atoms with Crippen LogP contribution in [0, 0.1) is 0 Å². The number of hydrogen-bond donors (Lipinski definition) is 2. The number of halogens is 1. The molecule has 4 N–H and O–H groups in total. The second-order valence-corrected chi connectivity index (χ2v) is 7.37. The standard InChI is InChI=1S/C23H32N2O.BrH/c1-4-22(24,5-2)18-23(17-16-21(26)25-3,19-12-8-6-9-13-19)20-14-10-7-11-15-20;/h6-15H,4-5,16-18,24H2,1-3H3,(H,25,26);1H. The number of amides is 1. The summed E-state index contributed by atoms with van der Waals surface area (Å²) in [5, 5.41) is 2.78. The zero-order chi connectivity index (χ0) is 19.0. The Morgan fingerprint density at radius 3 is 1.74 bits per heavy atom. The molecule has 3 nitrogen and oxygen atoms in total. The fraction of sp³-hybridized carbons (Fsp3) is 0.435. The molecule has 2 aromatic rings. The maximum atomic E-state index is 12.1. The van der Waals surface area contributed by atoms with E-state index in [2.05, 4.69) is 85.6 Å². The molecule has 2 aromatic carbocycles. The summed E-state index contributed by atoms with van der Waals surface area (Å²) < 4.78 is 0. The minimum Gasteiger partial charge on any atom is -1.00 e. The van der Waals surface area contributed by atoms with Crippen LogP contribution >= 0.6 is 0 Å². The number of benzene rings is 2. The molecule has 0 heterocycles. The second-order valence-electron chi connectivity index (χ2n) is 7.37. The Balaban J connectivity index is 0.00000364. The highest BCUT2D eigenvalue weighted by Crippen LogP contribution is 2.43. The number of carbonyl (C=O) groups excluding carboxylic acids is 1. The van der Waals surface area contributed by atoms with Crippen LogP contribution in [0.1, 0.15) is 57.1 Å². The highest BCUT2D eigenvalue weighted by molar-refractivity contribution is 5.75. The van der Waals surface area contributed by atoms with E-state index in [0.717, 1.165) is 25.7 Å². The van der Waals surface area contributed by atoms with Crippen LogP contribution in [0.4, 0.5) is 0 Å². The summed E-state index contributed by atoms with van der Waals surface area (Å²) in [6, 6.07) is 21.3. The van der Waals surface area contributed by atoms with Gasteiger partial charge in [-0.05, 0) is 30.4 Å². The van der Waals surface area contributed by atoms with E-state index in [1.807, 2.05) is 0 Å². The molecule has 0 spiro atoms. The highest BCUT2D eigenvalue weighted by Gasteiger charge is 2.42. The molecule has 0 bridgehead atoms. The van der Waals surface area contributed by atoms with Gasteiger partial charge in [-0.15, -0.1) is 0 Å². The Morgan fingerprint density at radius 2 is 1.37 bits per heavy atom. The summed E-state index contributed by atoms with van der Waals surface area (Å²) in [7, 11) is 1.71. The Bertz CT molecular complexity index is 645. The van der Waals surface area contributed by atoms with Crippen LogP contribution in [-0.4, -0.2) is 18.5 Å². The number of nitrogens with one attached hydrogen (secondary N) is 1. The van der Waals surface area contributed by atoms with Gasteiger partial charge in [-0.2, -0.15) is 0 Å². The van der Waals surface area contributed by atoms with Crippen molar-refractivity contribution in [2.45, 2.75) is 56.9 Å². The molecule has 0 atom stereocenters. The van der Waals surface area contributed by atoms with E-state index in [-0.39, 0.29) is 33.8 Å². The molecular weight excluding hydrogens is 400 g/mol. The minimum atomic E-state index is -0.219. The first-order valence-electron chi connectivity index (χ1n) is 9.66. The number of hydrogen-bond acceptors (Lipinski definition) is 1.